The molecule has 29 heavy (non-hydrogen) atoms. The highest BCUT2D eigenvalue weighted by molar-refractivity contribution is 9.10. The summed E-state index contributed by atoms with van der Waals surface area (Å²) in [5, 5.41) is 7.34. The number of sulfone groups is 1. The number of hydrogen-bond acceptors (Lipinski definition) is 4. The van der Waals surface area contributed by atoms with E-state index in [2.05, 4.69) is 26.3 Å². The van der Waals surface area contributed by atoms with E-state index in [1.807, 2.05) is 43.3 Å². The summed E-state index contributed by atoms with van der Waals surface area (Å²) >= 11 is 3.37. The van der Waals surface area contributed by atoms with E-state index in [0.717, 1.165) is 21.3 Å². The van der Waals surface area contributed by atoms with Gasteiger partial charge in [-0.1, -0.05) is 45.8 Å². The number of rotatable bonds is 4. The van der Waals surface area contributed by atoms with E-state index in [1.165, 1.54) is 0 Å². The van der Waals surface area contributed by atoms with E-state index in [-0.39, 0.29) is 29.1 Å². The number of nitrogens with zero attached hydrogens (tertiary/aromatic N) is 2. The quantitative estimate of drug-likeness (QED) is 0.614. The second-order valence-electron chi connectivity index (χ2n) is 7.24. The van der Waals surface area contributed by atoms with Crippen molar-refractivity contribution < 1.29 is 13.2 Å². The summed E-state index contributed by atoms with van der Waals surface area (Å²) in [5.74, 6) is -0.146. The monoisotopic (exact) mass is 473 g/mol. The molecule has 0 saturated carbocycles. The van der Waals surface area contributed by atoms with Gasteiger partial charge in [0.05, 0.1) is 23.2 Å². The van der Waals surface area contributed by atoms with Crippen LogP contribution in [0.4, 0.5) is 5.69 Å². The molecular weight excluding hydrogens is 454 g/mol. The minimum absolute atomic E-state index is 0.0430. The summed E-state index contributed by atoms with van der Waals surface area (Å²) in [4.78, 5) is 12.8. The zero-order chi connectivity index (χ0) is 20.6. The fraction of sp³-hybridized carbons (Fsp3) is 0.238. The smallest absolute Gasteiger partial charge is 0.276 e. The summed E-state index contributed by atoms with van der Waals surface area (Å²) in [5.41, 5.74) is 3.68. The molecule has 8 heteroatoms. The lowest BCUT2D eigenvalue weighted by atomic mass is 10.1. The fourth-order valence-electron chi connectivity index (χ4n) is 3.42. The Labute approximate surface area is 178 Å². The lowest BCUT2D eigenvalue weighted by Gasteiger charge is -2.13. The van der Waals surface area contributed by atoms with Gasteiger partial charge in [-0.25, -0.2) is 8.42 Å². The van der Waals surface area contributed by atoms with Gasteiger partial charge in [-0.15, -0.1) is 0 Å². The van der Waals surface area contributed by atoms with E-state index in [9.17, 15) is 13.2 Å². The Bertz CT molecular complexity index is 1150. The average molecular weight is 474 g/mol. The van der Waals surface area contributed by atoms with Crippen LogP contribution in [0.1, 0.15) is 28.5 Å². The Hall–Kier alpha value is -2.45. The van der Waals surface area contributed by atoms with Crippen LogP contribution < -0.4 is 5.32 Å². The second kappa shape index (κ2) is 7.76. The third kappa shape index (κ3) is 4.43. The van der Waals surface area contributed by atoms with E-state index in [1.54, 1.807) is 22.9 Å². The van der Waals surface area contributed by atoms with Crippen molar-refractivity contribution in [3.8, 4) is 11.3 Å². The first-order valence-corrected chi connectivity index (χ1v) is 11.9. The molecule has 1 aromatic heterocycles. The van der Waals surface area contributed by atoms with Crippen LogP contribution >= 0.6 is 15.9 Å². The topological polar surface area (TPSA) is 81.1 Å². The first kappa shape index (κ1) is 19.8. The van der Waals surface area contributed by atoms with Crippen molar-refractivity contribution in [3.05, 3.63) is 70.3 Å². The van der Waals surface area contributed by atoms with Crippen molar-refractivity contribution in [2.45, 2.75) is 19.4 Å². The third-order valence-corrected chi connectivity index (χ3v) is 7.25. The molecule has 1 aliphatic rings. The molecule has 1 atom stereocenters. The third-order valence-electron chi connectivity index (χ3n) is 4.97. The summed E-state index contributed by atoms with van der Waals surface area (Å²) < 4.78 is 26.6. The van der Waals surface area contributed by atoms with Crippen LogP contribution in [0.25, 0.3) is 11.3 Å². The van der Waals surface area contributed by atoms with Gasteiger partial charge in [0, 0.05) is 10.2 Å². The van der Waals surface area contributed by atoms with Gasteiger partial charge >= 0.3 is 0 Å². The molecule has 1 amide bonds. The van der Waals surface area contributed by atoms with Gasteiger partial charge in [-0.05, 0) is 49.2 Å². The first-order chi connectivity index (χ1) is 13.8. The minimum Gasteiger partial charge on any atom is -0.321 e. The normalized spacial score (nSPS) is 17.9. The second-order valence-corrected chi connectivity index (χ2v) is 10.4. The molecule has 2 aromatic carbocycles. The highest BCUT2D eigenvalue weighted by Gasteiger charge is 2.32. The van der Waals surface area contributed by atoms with Crippen molar-refractivity contribution >= 4 is 37.4 Å². The van der Waals surface area contributed by atoms with E-state index in [4.69, 9.17) is 0 Å². The number of hydrogen-bond donors (Lipinski definition) is 1. The molecule has 0 bridgehead atoms. The van der Waals surface area contributed by atoms with E-state index >= 15 is 0 Å². The SMILES string of the molecule is Cc1ccc(-c2cc(C(=O)Nc3ccc(Br)cc3)nn2[C@@H]2CCS(=O)(=O)C2)cc1. The van der Waals surface area contributed by atoms with Crippen LogP contribution in [0.15, 0.2) is 59.1 Å². The van der Waals surface area contributed by atoms with Crippen LogP contribution in [0.3, 0.4) is 0 Å². The van der Waals surface area contributed by atoms with Gasteiger partial charge in [-0.3, -0.25) is 9.48 Å². The maximum absolute atomic E-state index is 12.8. The lowest BCUT2D eigenvalue weighted by Crippen LogP contribution is -2.16. The minimum atomic E-state index is -3.08. The molecule has 4 rings (SSSR count). The van der Waals surface area contributed by atoms with Gasteiger partial charge in [-0.2, -0.15) is 5.10 Å². The Morgan fingerprint density at radius 2 is 1.83 bits per heavy atom. The molecule has 2 heterocycles. The molecule has 1 aliphatic heterocycles. The van der Waals surface area contributed by atoms with E-state index < -0.39 is 9.84 Å². The van der Waals surface area contributed by atoms with Gasteiger partial charge in [0.1, 0.15) is 0 Å². The number of nitrogens with one attached hydrogen (secondary N) is 1. The number of anilines is 1. The molecule has 0 aliphatic carbocycles. The number of carbonyl (C=O) groups is 1. The molecule has 0 unspecified atom stereocenters. The summed E-state index contributed by atoms with van der Waals surface area (Å²) in [6, 6.07) is 16.6. The summed E-state index contributed by atoms with van der Waals surface area (Å²) in [7, 11) is -3.08. The fourth-order valence-corrected chi connectivity index (χ4v) is 5.38. The zero-order valence-corrected chi connectivity index (χ0v) is 18.2. The Morgan fingerprint density at radius 1 is 1.14 bits per heavy atom. The highest BCUT2D eigenvalue weighted by Crippen LogP contribution is 2.30. The van der Waals surface area contributed by atoms with Gasteiger partial charge in [0.2, 0.25) is 0 Å². The number of amides is 1. The maximum atomic E-state index is 12.8. The first-order valence-electron chi connectivity index (χ1n) is 9.25. The molecule has 1 fully saturated rings. The predicted octanol–water partition coefficient (Wildman–Crippen LogP) is 4.23. The van der Waals surface area contributed by atoms with Crippen LogP contribution in [0.5, 0.6) is 0 Å². The Morgan fingerprint density at radius 3 is 2.45 bits per heavy atom. The number of halogens is 1. The number of carbonyl (C=O) groups excluding carboxylic acids is 1. The molecule has 150 valence electrons. The van der Waals surface area contributed by atoms with Crippen LogP contribution in [0, 0.1) is 6.92 Å². The van der Waals surface area contributed by atoms with Crippen LogP contribution in [0.2, 0.25) is 0 Å². The average Bonchev–Trinajstić information content (AvgIpc) is 3.28. The van der Waals surface area contributed by atoms with Crippen LogP contribution in [-0.4, -0.2) is 35.6 Å². The standard InChI is InChI=1S/C21H20BrN3O3S/c1-14-2-4-15(5-3-14)20-12-19(21(26)23-17-8-6-16(22)7-9-17)24-25(20)18-10-11-29(27,28)13-18/h2-9,12,18H,10-11,13H2,1H3,(H,23,26)/t18-/m1/s1. The molecule has 3 aromatic rings. The van der Waals surface area contributed by atoms with Crippen molar-refractivity contribution in [1.29, 1.82) is 0 Å². The van der Waals surface area contributed by atoms with Gasteiger partial charge in [0.25, 0.3) is 5.91 Å². The molecule has 0 radical (unpaired) electrons. The van der Waals surface area contributed by atoms with Crippen molar-refractivity contribution in [2.75, 3.05) is 16.8 Å². The van der Waals surface area contributed by atoms with Crippen molar-refractivity contribution in [2.24, 2.45) is 0 Å². The lowest BCUT2D eigenvalue weighted by molar-refractivity contribution is 0.102. The molecule has 1 saturated heterocycles. The number of aryl methyl sites for hydroxylation is 1. The maximum Gasteiger partial charge on any atom is 0.276 e. The van der Waals surface area contributed by atoms with Crippen molar-refractivity contribution in [3.63, 3.8) is 0 Å². The molecular formula is C21H20BrN3O3S. The summed E-state index contributed by atoms with van der Waals surface area (Å²) in [6.07, 6.45) is 0.497. The largest absolute Gasteiger partial charge is 0.321 e. The Balaban J connectivity index is 1.69. The van der Waals surface area contributed by atoms with Gasteiger partial charge in [0.15, 0.2) is 15.5 Å². The Kier molecular flexibility index (Phi) is 5.31. The van der Waals surface area contributed by atoms with Crippen LogP contribution in [-0.2, 0) is 9.84 Å². The molecule has 1 N–H and O–H groups in total. The highest BCUT2D eigenvalue weighted by atomic mass is 79.9. The van der Waals surface area contributed by atoms with Crippen molar-refractivity contribution in [1.82, 2.24) is 9.78 Å². The zero-order valence-electron chi connectivity index (χ0n) is 15.8. The number of benzene rings is 2. The van der Waals surface area contributed by atoms with Gasteiger partial charge < -0.3 is 5.32 Å². The molecule has 0 spiro atoms. The predicted molar refractivity (Wildman–Crippen MR) is 117 cm³/mol. The summed E-state index contributed by atoms with van der Waals surface area (Å²) in [6.45, 7) is 2.00. The van der Waals surface area contributed by atoms with E-state index in [0.29, 0.717) is 12.1 Å². The number of aromatic nitrogens is 2. The molecule has 6 nitrogen and oxygen atoms in total.